The van der Waals surface area contributed by atoms with Crippen LogP contribution in [0.25, 0.3) is 10.9 Å². The van der Waals surface area contributed by atoms with Crippen molar-refractivity contribution in [1.29, 1.82) is 0 Å². The number of fused-ring (bicyclic) bond motifs is 1. The first-order chi connectivity index (χ1) is 9.75. The zero-order valence-electron chi connectivity index (χ0n) is 10.4. The largest absolute Gasteiger partial charge is 0.330 e. The van der Waals surface area contributed by atoms with Crippen LogP contribution in [0.3, 0.4) is 0 Å². The number of nitrogens with zero attached hydrogens (tertiary/aromatic N) is 3. The lowest BCUT2D eigenvalue weighted by atomic mass is 10.2. The van der Waals surface area contributed by atoms with Crippen LogP contribution in [0.2, 0.25) is 0 Å². The minimum atomic E-state index is -0.253. The maximum atomic E-state index is 12.3. The van der Waals surface area contributed by atoms with E-state index < -0.39 is 0 Å². The third-order valence-electron chi connectivity index (χ3n) is 2.78. The average Bonchev–Trinajstić information content (AvgIpc) is 2.48. The molecular weight excluding hydrogens is 272 g/mol. The minimum absolute atomic E-state index is 0.251. The Morgan fingerprint density at radius 2 is 2.00 bits per heavy atom. The summed E-state index contributed by atoms with van der Waals surface area (Å²) < 4.78 is 1.41. The van der Waals surface area contributed by atoms with Crippen molar-refractivity contribution in [1.82, 2.24) is 14.6 Å². The maximum Gasteiger partial charge on any atom is 0.282 e. The van der Waals surface area contributed by atoms with Crippen LogP contribution in [-0.2, 0) is 0 Å². The molecule has 0 aliphatic rings. The highest BCUT2D eigenvalue weighted by Gasteiger charge is 2.03. The second-order valence-corrected chi connectivity index (χ2v) is 4.48. The third-order valence-corrected chi connectivity index (χ3v) is 3.05. The Morgan fingerprint density at radius 3 is 2.80 bits per heavy atom. The van der Waals surface area contributed by atoms with Crippen molar-refractivity contribution in [2.75, 3.05) is 0 Å². The highest BCUT2D eigenvalue weighted by Crippen LogP contribution is 2.05. The number of pyridine rings is 1. The zero-order valence-corrected chi connectivity index (χ0v) is 11.2. The van der Waals surface area contributed by atoms with E-state index in [1.54, 1.807) is 30.5 Å². The van der Waals surface area contributed by atoms with Gasteiger partial charge in [0.1, 0.15) is 0 Å². The summed E-state index contributed by atoms with van der Waals surface area (Å²) in [5.41, 5.74) is 1.10. The number of benzene rings is 1. The van der Waals surface area contributed by atoms with E-state index >= 15 is 0 Å². The van der Waals surface area contributed by atoms with Crippen molar-refractivity contribution in [3.8, 4) is 0 Å². The van der Waals surface area contributed by atoms with Crippen LogP contribution >= 0.6 is 12.2 Å². The van der Waals surface area contributed by atoms with Gasteiger partial charge in [0.15, 0.2) is 0 Å². The van der Waals surface area contributed by atoms with Crippen LogP contribution in [-0.4, -0.2) is 20.9 Å². The fraction of sp³-hybridized carbons (Fsp3) is 0. The summed E-state index contributed by atoms with van der Waals surface area (Å²) in [4.78, 5) is 19.4. The van der Waals surface area contributed by atoms with Crippen LogP contribution in [0.1, 0.15) is 5.69 Å². The number of aromatic amines is 1. The SMILES string of the molecule is O=c1c2ccccc2[nH]c(=S)n1/N=C\c1ccccn1. The lowest BCUT2D eigenvalue weighted by Crippen LogP contribution is -2.18. The second kappa shape index (κ2) is 5.18. The monoisotopic (exact) mass is 282 g/mol. The first-order valence-corrected chi connectivity index (χ1v) is 6.36. The summed E-state index contributed by atoms with van der Waals surface area (Å²) in [5.74, 6) is 0. The van der Waals surface area contributed by atoms with E-state index in [9.17, 15) is 4.79 Å². The van der Waals surface area contributed by atoms with Crippen molar-refractivity contribution >= 4 is 29.3 Å². The summed E-state index contributed by atoms with van der Waals surface area (Å²) in [6.07, 6.45) is 3.16. The molecule has 1 aromatic carbocycles. The number of hydrogen-bond acceptors (Lipinski definition) is 4. The van der Waals surface area contributed by atoms with Gasteiger partial charge in [0, 0.05) is 6.20 Å². The van der Waals surface area contributed by atoms with E-state index in [2.05, 4.69) is 15.1 Å². The molecule has 3 aromatic rings. The molecule has 1 N–H and O–H groups in total. The number of rotatable bonds is 2. The molecule has 0 atom stereocenters. The van der Waals surface area contributed by atoms with Crippen molar-refractivity contribution in [3.63, 3.8) is 0 Å². The molecule has 98 valence electrons. The summed E-state index contributed by atoms with van der Waals surface area (Å²) >= 11 is 5.16. The molecule has 5 nitrogen and oxygen atoms in total. The quantitative estimate of drug-likeness (QED) is 0.579. The molecule has 0 aliphatic carbocycles. The van der Waals surface area contributed by atoms with Crippen LogP contribution in [0, 0.1) is 4.77 Å². The average molecular weight is 282 g/mol. The Hall–Kier alpha value is -2.60. The molecule has 0 spiro atoms. The molecule has 2 heterocycles. The normalized spacial score (nSPS) is 11.2. The predicted octanol–water partition coefficient (Wildman–Crippen LogP) is 2.34. The Balaban J connectivity index is 2.15. The molecule has 0 saturated carbocycles. The Morgan fingerprint density at radius 1 is 1.20 bits per heavy atom. The van der Waals surface area contributed by atoms with Crippen molar-refractivity contribution in [2.45, 2.75) is 0 Å². The third kappa shape index (κ3) is 2.28. The Bertz CT molecular complexity index is 896. The highest BCUT2D eigenvalue weighted by molar-refractivity contribution is 7.71. The Kier molecular flexibility index (Phi) is 3.22. The van der Waals surface area contributed by atoms with Gasteiger partial charge in [-0.15, -0.1) is 0 Å². The molecule has 0 saturated heterocycles. The molecule has 0 unspecified atom stereocenters. The lowest BCUT2D eigenvalue weighted by Gasteiger charge is -2.02. The van der Waals surface area contributed by atoms with Gasteiger partial charge in [-0.2, -0.15) is 9.78 Å². The summed E-state index contributed by atoms with van der Waals surface area (Å²) in [5, 5.41) is 4.65. The highest BCUT2D eigenvalue weighted by atomic mass is 32.1. The van der Waals surface area contributed by atoms with Crippen LogP contribution in [0.5, 0.6) is 0 Å². The first-order valence-electron chi connectivity index (χ1n) is 5.95. The van der Waals surface area contributed by atoms with Gasteiger partial charge >= 0.3 is 0 Å². The van der Waals surface area contributed by atoms with Crippen LogP contribution in [0.15, 0.2) is 58.6 Å². The minimum Gasteiger partial charge on any atom is -0.330 e. The van der Waals surface area contributed by atoms with Crippen molar-refractivity contribution in [2.24, 2.45) is 5.10 Å². The maximum absolute atomic E-state index is 12.3. The molecule has 0 aliphatic heterocycles. The topological polar surface area (TPSA) is 63.0 Å². The summed E-state index contributed by atoms with van der Waals surface area (Å²) in [7, 11) is 0. The van der Waals surface area contributed by atoms with Gasteiger partial charge in [0.05, 0.1) is 22.8 Å². The van der Waals surface area contributed by atoms with E-state index in [4.69, 9.17) is 12.2 Å². The predicted molar refractivity (Wildman–Crippen MR) is 80.6 cm³/mol. The smallest absolute Gasteiger partial charge is 0.282 e. The molecule has 20 heavy (non-hydrogen) atoms. The van der Waals surface area contributed by atoms with E-state index in [0.717, 1.165) is 4.68 Å². The van der Waals surface area contributed by atoms with Gasteiger partial charge < -0.3 is 4.98 Å². The summed E-state index contributed by atoms with van der Waals surface area (Å²) in [6.45, 7) is 0. The van der Waals surface area contributed by atoms with E-state index in [0.29, 0.717) is 16.6 Å². The molecule has 0 fully saturated rings. The van der Waals surface area contributed by atoms with Gasteiger partial charge in [-0.05, 0) is 36.5 Å². The number of aromatic nitrogens is 3. The fourth-order valence-electron chi connectivity index (χ4n) is 1.83. The molecule has 3 rings (SSSR count). The van der Waals surface area contributed by atoms with Gasteiger partial charge in [-0.25, -0.2) is 0 Å². The van der Waals surface area contributed by atoms with Crippen molar-refractivity contribution < 1.29 is 0 Å². The van der Waals surface area contributed by atoms with Gasteiger partial charge in [0.2, 0.25) is 4.77 Å². The standard InChI is InChI=1S/C14H10N4OS/c19-13-11-6-1-2-7-12(11)17-14(20)18(13)16-9-10-5-3-4-8-15-10/h1-9H,(H,17,20)/b16-9-. The lowest BCUT2D eigenvalue weighted by molar-refractivity contribution is 0.799. The number of para-hydroxylation sites is 1. The summed E-state index contributed by atoms with van der Waals surface area (Å²) in [6, 6.07) is 12.6. The van der Waals surface area contributed by atoms with E-state index in [1.165, 1.54) is 6.21 Å². The van der Waals surface area contributed by atoms with Gasteiger partial charge in [-0.3, -0.25) is 9.78 Å². The van der Waals surface area contributed by atoms with Gasteiger partial charge in [0.25, 0.3) is 5.56 Å². The zero-order chi connectivity index (χ0) is 13.9. The first kappa shape index (κ1) is 12.4. The molecule has 2 aromatic heterocycles. The Labute approximate surface area is 119 Å². The molecule has 0 radical (unpaired) electrons. The molecular formula is C14H10N4OS. The van der Waals surface area contributed by atoms with Crippen molar-refractivity contribution in [3.05, 3.63) is 69.5 Å². The number of H-pyrrole nitrogens is 1. The van der Waals surface area contributed by atoms with E-state index in [1.807, 2.05) is 18.2 Å². The second-order valence-electron chi connectivity index (χ2n) is 4.09. The van der Waals surface area contributed by atoms with Crippen LogP contribution < -0.4 is 5.56 Å². The van der Waals surface area contributed by atoms with Crippen LogP contribution in [0.4, 0.5) is 0 Å². The van der Waals surface area contributed by atoms with Gasteiger partial charge in [-0.1, -0.05) is 18.2 Å². The van der Waals surface area contributed by atoms with E-state index in [-0.39, 0.29) is 10.3 Å². The fourth-order valence-corrected chi connectivity index (χ4v) is 2.07. The number of nitrogens with one attached hydrogen (secondary N) is 1. The molecule has 0 bridgehead atoms. The molecule has 0 amide bonds. The molecule has 6 heteroatoms. The number of hydrogen-bond donors (Lipinski definition) is 1.